The van der Waals surface area contributed by atoms with E-state index in [2.05, 4.69) is 0 Å². The fraction of sp³-hybridized carbons (Fsp3) is 0.267. The van der Waals surface area contributed by atoms with Gasteiger partial charge >= 0.3 is 0 Å². The van der Waals surface area contributed by atoms with E-state index in [4.69, 9.17) is 0 Å². The molecule has 0 amide bonds. The minimum absolute atomic E-state index is 0.122. The monoisotopic (exact) mass is 230 g/mol. The Morgan fingerprint density at radius 1 is 1.29 bits per heavy atom. The average molecular weight is 230 g/mol. The first-order chi connectivity index (χ1) is 8.25. The van der Waals surface area contributed by atoms with E-state index < -0.39 is 0 Å². The molecule has 0 bridgehead atoms. The fourth-order valence-electron chi connectivity index (χ4n) is 1.95. The summed E-state index contributed by atoms with van der Waals surface area (Å²) >= 11 is 0. The second kappa shape index (κ2) is 5.58. The molecule has 0 aromatic heterocycles. The number of benzene rings is 1. The highest BCUT2D eigenvalue weighted by molar-refractivity contribution is 5.92. The SMILES string of the molecule is O=C1C=CCCC1C/C=C/c1ccc(F)cc1. The summed E-state index contributed by atoms with van der Waals surface area (Å²) in [7, 11) is 0. The Bertz CT molecular complexity index is 442. The van der Waals surface area contributed by atoms with Crippen molar-refractivity contribution in [1.29, 1.82) is 0 Å². The molecular formula is C15H15FO. The molecule has 2 rings (SSSR count). The van der Waals surface area contributed by atoms with Crippen LogP contribution in [0.15, 0.2) is 42.5 Å². The summed E-state index contributed by atoms with van der Waals surface area (Å²) < 4.78 is 12.7. The Hall–Kier alpha value is -1.70. The predicted octanol–water partition coefficient (Wildman–Crippen LogP) is 3.76. The minimum Gasteiger partial charge on any atom is -0.295 e. The second-order valence-corrected chi connectivity index (χ2v) is 4.27. The van der Waals surface area contributed by atoms with E-state index in [9.17, 15) is 9.18 Å². The van der Waals surface area contributed by atoms with Crippen molar-refractivity contribution in [3.63, 3.8) is 0 Å². The summed E-state index contributed by atoms with van der Waals surface area (Å²) in [4.78, 5) is 11.5. The minimum atomic E-state index is -0.227. The lowest BCUT2D eigenvalue weighted by Crippen LogP contribution is -2.13. The first-order valence-corrected chi connectivity index (χ1v) is 5.88. The van der Waals surface area contributed by atoms with Crippen LogP contribution in [-0.4, -0.2) is 5.78 Å². The van der Waals surface area contributed by atoms with Gasteiger partial charge in [0.05, 0.1) is 0 Å². The van der Waals surface area contributed by atoms with Crippen LogP contribution in [0.1, 0.15) is 24.8 Å². The van der Waals surface area contributed by atoms with E-state index in [1.54, 1.807) is 18.2 Å². The molecule has 0 spiro atoms. The summed E-state index contributed by atoms with van der Waals surface area (Å²) in [5, 5.41) is 0. The zero-order chi connectivity index (χ0) is 12.1. The Kier molecular flexibility index (Phi) is 3.86. The molecule has 0 fully saturated rings. The molecule has 88 valence electrons. The third-order valence-corrected chi connectivity index (χ3v) is 2.97. The predicted molar refractivity (Wildman–Crippen MR) is 66.9 cm³/mol. The summed E-state index contributed by atoms with van der Waals surface area (Å²) in [6.45, 7) is 0. The quantitative estimate of drug-likeness (QED) is 0.772. The van der Waals surface area contributed by atoms with Crippen molar-refractivity contribution in [2.45, 2.75) is 19.3 Å². The summed E-state index contributed by atoms with van der Waals surface area (Å²) in [5.74, 6) is 0.117. The molecule has 17 heavy (non-hydrogen) atoms. The van der Waals surface area contributed by atoms with Crippen LogP contribution in [0.4, 0.5) is 4.39 Å². The van der Waals surface area contributed by atoms with Crippen LogP contribution >= 0.6 is 0 Å². The van der Waals surface area contributed by atoms with Crippen molar-refractivity contribution in [3.05, 3.63) is 53.9 Å². The van der Waals surface area contributed by atoms with Crippen molar-refractivity contribution in [2.75, 3.05) is 0 Å². The number of rotatable bonds is 3. The zero-order valence-corrected chi connectivity index (χ0v) is 9.60. The van der Waals surface area contributed by atoms with Crippen molar-refractivity contribution in [3.8, 4) is 0 Å². The number of carbonyl (C=O) groups is 1. The summed E-state index contributed by atoms with van der Waals surface area (Å²) in [6.07, 6.45) is 10.2. The van der Waals surface area contributed by atoms with E-state index in [0.29, 0.717) is 0 Å². The van der Waals surface area contributed by atoms with Crippen LogP contribution in [0.5, 0.6) is 0 Å². The smallest absolute Gasteiger partial charge is 0.158 e. The molecule has 0 heterocycles. The second-order valence-electron chi connectivity index (χ2n) is 4.27. The highest BCUT2D eigenvalue weighted by Gasteiger charge is 2.16. The van der Waals surface area contributed by atoms with Gasteiger partial charge < -0.3 is 0 Å². The lowest BCUT2D eigenvalue weighted by Gasteiger charge is -2.13. The number of allylic oxidation sites excluding steroid dienone is 3. The number of ketones is 1. The van der Waals surface area contributed by atoms with Gasteiger partial charge in [-0.25, -0.2) is 4.39 Å². The Morgan fingerprint density at radius 2 is 2.06 bits per heavy atom. The van der Waals surface area contributed by atoms with Gasteiger partial charge in [0.2, 0.25) is 0 Å². The van der Waals surface area contributed by atoms with Crippen molar-refractivity contribution >= 4 is 11.9 Å². The Labute approximate surface area is 101 Å². The Morgan fingerprint density at radius 3 is 2.76 bits per heavy atom. The molecular weight excluding hydrogens is 215 g/mol. The molecule has 0 N–H and O–H groups in total. The maximum absolute atomic E-state index is 12.7. The van der Waals surface area contributed by atoms with Gasteiger partial charge in [0.1, 0.15) is 5.82 Å². The van der Waals surface area contributed by atoms with Crippen molar-refractivity contribution in [2.24, 2.45) is 5.92 Å². The van der Waals surface area contributed by atoms with Gasteiger partial charge in [0.25, 0.3) is 0 Å². The molecule has 0 saturated heterocycles. The van der Waals surface area contributed by atoms with Crippen molar-refractivity contribution in [1.82, 2.24) is 0 Å². The number of hydrogen-bond acceptors (Lipinski definition) is 1. The van der Waals surface area contributed by atoms with E-state index in [0.717, 1.165) is 24.8 Å². The third-order valence-electron chi connectivity index (χ3n) is 2.97. The topological polar surface area (TPSA) is 17.1 Å². The molecule has 1 nitrogen and oxygen atoms in total. The molecule has 0 radical (unpaired) electrons. The normalized spacial score (nSPS) is 20.1. The molecule has 0 aliphatic heterocycles. The van der Waals surface area contributed by atoms with Gasteiger partial charge in [-0.2, -0.15) is 0 Å². The number of halogens is 1. The van der Waals surface area contributed by atoms with Crippen molar-refractivity contribution < 1.29 is 9.18 Å². The van der Waals surface area contributed by atoms with Gasteiger partial charge in [-0.15, -0.1) is 0 Å². The molecule has 1 aliphatic carbocycles. The first-order valence-electron chi connectivity index (χ1n) is 5.88. The van der Waals surface area contributed by atoms with Gasteiger partial charge in [-0.3, -0.25) is 4.79 Å². The highest BCUT2D eigenvalue weighted by Crippen LogP contribution is 2.19. The first kappa shape index (κ1) is 11.8. The largest absolute Gasteiger partial charge is 0.295 e. The third kappa shape index (κ3) is 3.38. The summed E-state index contributed by atoms with van der Waals surface area (Å²) in [5.41, 5.74) is 0.963. The van der Waals surface area contributed by atoms with Crippen LogP contribution in [0.25, 0.3) is 6.08 Å². The van der Waals surface area contributed by atoms with Crippen LogP contribution in [0.3, 0.4) is 0 Å². The molecule has 2 heteroatoms. The molecule has 1 aromatic rings. The summed E-state index contributed by atoms with van der Waals surface area (Å²) in [6, 6.07) is 6.34. The Balaban J connectivity index is 1.91. The van der Waals surface area contributed by atoms with Crippen LogP contribution < -0.4 is 0 Å². The van der Waals surface area contributed by atoms with Gasteiger partial charge in [-0.05, 0) is 43.0 Å². The number of carbonyl (C=O) groups excluding carboxylic acids is 1. The van der Waals surface area contributed by atoms with Gasteiger partial charge in [-0.1, -0.05) is 30.4 Å². The van der Waals surface area contributed by atoms with Crippen LogP contribution in [0.2, 0.25) is 0 Å². The van der Waals surface area contributed by atoms with Crippen LogP contribution in [0, 0.1) is 11.7 Å². The van der Waals surface area contributed by atoms with Gasteiger partial charge in [0.15, 0.2) is 5.78 Å². The van der Waals surface area contributed by atoms with E-state index >= 15 is 0 Å². The molecule has 1 aromatic carbocycles. The number of hydrogen-bond donors (Lipinski definition) is 0. The van der Waals surface area contributed by atoms with Gasteiger partial charge in [0, 0.05) is 5.92 Å². The van der Waals surface area contributed by atoms with E-state index in [1.165, 1.54) is 12.1 Å². The molecule has 0 saturated carbocycles. The lowest BCUT2D eigenvalue weighted by atomic mass is 9.90. The maximum atomic E-state index is 12.7. The molecule has 1 aliphatic rings. The molecule has 1 atom stereocenters. The van der Waals surface area contributed by atoms with Crippen LogP contribution in [-0.2, 0) is 4.79 Å². The fourth-order valence-corrected chi connectivity index (χ4v) is 1.95. The molecule has 1 unspecified atom stereocenters. The zero-order valence-electron chi connectivity index (χ0n) is 9.60. The van der Waals surface area contributed by atoms with E-state index in [-0.39, 0.29) is 17.5 Å². The standard InChI is InChI=1S/C15H15FO/c16-14-10-8-12(9-11-14)4-3-6-13-5-1-2-7-15(13)17/h2-4,7-11,13H,1,5-6H2/b4-3+. The average Bonchev–Trinajstić information content (AvgIpc) is 2.34. The highest BCUT2D eigenvalue weighted by atomic mass is 19.1. The maximum Gasteiger partial charge on any atom is 0.158 e. The van der Waals surface area contributed by atoms with E-state index in [1.807, 2.05) is 18.2 Å². The lowest BCUT2D eigenvalue weighted by molar-refractivity contribution is -0.118.